The van der Waals surface area contributed by atoms with Crippen LogP contribution in [0.25, 0.3) is 0 Å². The van der Waals surface area contributed by atoms with Crippen LogP contribution in [0.2, 0.25) is 0 Å². The van der Waals surface area contributed by atoms with E-state index in [1.807, 2.05) is 6.08 Å². The van der Waals surface area contributed by atoms with E-state index in [2.05, 4.69) is 32.1 Å². The summed E-state index contributed by atoms with van der Waals surface area (Å²) in [6.45, 7) is 4.31. The Morgan fingerprint density at radius 2 is 2.07 bits per heavy atom. The summed E-state index contributed by atoms with van der Waals surface area (Å²) in [4.78, 5) is 25.9. The number of hydrogen-bond donors (Lipinski definition) is 0. The van der Waals surface area contributed by atoms with Crippen molar-refractivity contribution >= 4 is 11.9 Å². The Morgan fingerprint density at radius 3 is 2.86 bits per heavy atom. The van der Waals surface area contributed by atoms with Crippen molar-refractivity contribution < 1.29 is 19.1 Å². The van der Waals surface area contributed by atoms with Gasteiger partial charge in [-0.15, -0.1) is 0 Å². The van der Waals surface area contributed by atoms with E-state index < -0.39 is 11.0 Å². The van der Waals surface area contributed by atoms with Crippen molar-refractivity contribution in [2.45, 2.75) is 70.8 Å². The van der Waals surface area contributed by atoms with Crippen LogP contribution in [0.15, 0.2) is 46.8 Å². The van der Waals surface area contributed by atoms with Gasteiger partial charge in [-0.1, -0.05) is 44.9 Å². The number of ether oxygens (including phenoxy) is 2. The third-order valence-electron chi connectivity index (χ3n) is 7.52. The maximum absolute atomic E-state index is 13.0. The summed E-state index contributed by atoms with van der Waals surface area (Å²) in [7, 11) is 0. The van der Waals surface area contributed by atoms with E-state index in [0.29, 0.717) is 0 Å². The molecule has 2 spiro atoms. The van der Waals surface area contributed by atoms with Crippen molar-refractivity contribution in [1.82, 2.24) is 0 Å². The lowest BCUT2D eigenvalue weighted by molar-refractivity contribution is -0.176. The van der Waals surface area contributed by atoms with Gasteiger partial charge in [0.1, 0.15) is 11.2 Å². The number of cyclic esters (lactones) is 1. The van der Waals surface area contributed by atoms with E-state index in [0.717, 1.165) is 73.8 Å². The predicted molar refractivity (Wildman–Crippen MR) is 105 cm³/mol. The minimum absolute atomic E-state index is 0.206. The number of carbonyl (C=O) groups excluding carboxylic acids is 2. The molecule has 6 aliphatic rings. The lowest BCUT2D eigenvalue weighted by atomic mass is 9.45. The minimum atomic E-state index is -0.751. The molecule has 0 aromatic rings. The van der Waals surface area contributed by atoms with Crippen molar-refractivity contribution in [3.63, 3.8) is 0 Å². The number of allylic oxidation sites excluding steroid dienone is 3. The molecular formula is C24H28O4. The lowest BCUT2D eigenvalue weighted by Gasteiger charge is -2.59. The molecule has 4 atom stereocenters. The highest BCUT2D eigenvalue weighted by Crippen LogP contribution is 2.71. The molecule has 0 unspecified atom stereocenters. The maximum atomic E-state index is 13.0. The van der Waals surface area contributed by atoms with Crippen molar-refractivity contribution in [2.24, 2.45) is 17.3 Å². The maximum Gasteiger partial charge on any atom is 0.340 e. The summed E-state index contributed by atoms with van der Waals surface area (Å²) >= 11 is 0. The second kappa shape index (κ2) is 6.20. The summed E-state index contributed by atoms with van der Waals surface area (Å²) in [5, 5.41) is 0. The number of fused-ring (bicyclic) bond motifs is 1. The first-order valence-corrected chi connectivity index (χ1v) is 10.9. The third-order valence-corrected chi connectivity index (χ3v) is 7.52. The number of unbranched alkanes of at least 4 members (excludes halogenated alkanes) is 1. The highest BCUT2D eigenvalue weighted by atomic mass is 16.6. The van der Waals surface area contributed by atoms with Crippen molar-refractivity contribution in [1.29, 1.82) is 0 Å². The summed E-state index contributed by atoms with van der Waals surface area (Å²) in [6, 6.07) is 0. The van der Waals surface area contributed by atoms with Gasteiger partial charge >= 0.3 is 11.9 Å². The first-order valence-electron chi connectivity index (χ1n) is 10.9. The van der Waals surface area contributed by atoms with Crippen molar-refractivity contribution in [2.75, 3.05) is 0 Å². The SMILES string of the molecule is CCCC=C1OC(=O)C2=C[C@@H]3CC[C@]12[C@]1(OC(=O)C2=C1CCC=C2)[C@@H]3CCC. The fraction of sp³-hybridized carbons (Fsp3) is 0.583. The predicted octanol–water partition coefficient (Wildman–Crippen LogP) is 4.92. The molecule has 148 valence electrons. The van der Waals surface area contributed by atoms with Crippen LogP contribution in [0.5, 0.6) is 0 Å². The smallest absolute Gasteiger partial charge is 0.340 e. The van der Waals surface area contributed by atoms with Crippen LogP contribution in [0.3, 0.4) is 0 Å². The van der Waals surface area contributed by atoms with Crippen LogP contribution in [0.1, 0.15) is 65.2 Å². The lowest BCUT2D eigenvalue weighted by Crippen LogP contribution is -2.63. The highest BCUT2D eigenvalue weighted by Gasteiger charge is 2.75. The molecule has 0 radical (unpaired) electrons. The van der Waals surface area contributed by atoms with Crippen LogP contribution < -0.4 is 0 Å². The Balaban J connectivity index is 1.80. The van der Waals surface area contributed by atoms with Gasteiger partial charge in [0.2, 0.25) is 0 Å². The fourth-order valence-corrected chi connectivity index (χ4v) is 6.57. The Labute approximate surface area is 166 Å². The van der Waals surface area contributed by atoms with Gasteiger partial charge in [-0.25, -0.2) is 9.59 Å². The van der Waals surface area contributed by atoms with Crippen molar-refractivity contribution in [3.8, 4) is 0 Å². The topological polar surface area (TPSA) is 52.6 Å². The quantitative estimate of drug-likeness (QED) is 0.650. The van der Waals surface area contributed by atoms with Crippen LogP contribution in [-0.2, 0) is 19.1 Å². The van der Waals surface area contributed by atoms with Crippen LogP contribution in [0, 0.1) is 17.3 Å². The molecule has 0 aromatic heterocycles. The molecular weight excluding hydrogens is 352 g/mol. The van der Waals surface area contributed by atoms with Gasteiger partial charge in [-0.3, -0.25) is 0 Å². The first kappa shape index (κ1) is 18.0. The average Bonchev–Trinajstić information content (AvgIpc) is 3.17. The Morgan fingerprint density at radius 1 is 1.21 bits per heavy atom. The number of esters is 2. The molecule has 28 heavy (non-hydrogen) atoms. The van der Waals surface area contributed by atoms with Gasteiger partial charge < -0.3 is 9.47 Å². The Bertz CT molecular complexity index is 873. The van der Waals surface area contributed by atoms with E-state index in [1.165, 1.54) is 0 Å². The van der Waals surface area contributed by atoms with Gasteiger partial charge in [0.15, 0.2) is 5.60 Å². The number of hydrogen-bond acceptors (Lipinski definition) is 4. The van der Waals surface area contributed by atoms with E-state index >= 15 is 0 Å². The van der Waals surface area contributed by atoms with E-state index in [4.69, 9.17) is 9.47 Å². The van der Waals surface area contributed by atoms with Gasteiger partial charge in [-0.2, -0.15) is 0 Å². The fourth-order valence-electron chi connectivity index (χ4n) is 6.57. The van der Waals surface area contributed by atoms with E-state index in [9.17, 15) is 9.59 Å². The zero-order valence-corrected chi connectivity index (χ0v) is 16.8. The van der Waals surface area contributed by atoms with E-state index in [-0.39, 0.29) is 23.8 Å². The molecule has 2 fully saturated rings. The summed E-state index contributed by atoms with van der Waals surface area (Å²) in [6.07, 6.45) is 15.7. The average molecular weight is 380 g/mol. The largest absolute Gasteiger partial charge is 0.449 e. The molecule has 4 heteroatoms. The Hall–Kier alpha value is -2.10. The second-order valence-electron chi connectivity index (χ2n) is 8.79. The monoisotopic (exact) mass is 380 g/mol. The zero-order valence-electron chi connectivity index (χ0n) is 16.8. The molecule has 1 saturated heterocycles. The molecule has 1 saturated carbocycles. The first-order chi connectivity index (χ1) is 13.6. The normalized spacial score (nSPS) is 39.4. The molecule has 4 nitrogen and oxygen atoms in total. The van der Waals surface area contributed by atoms with Gasteiger partial charge in [0.05, 0.1) is 11.1 Å². The molecule has 0 amide bonds. The van der Waals surface area contributed by atoms with Gasteiger partial charge in [0, 0.05) is 5.92 Å². The highest BCUT2D eigenvalue weighted by molar-refractivity contribution is 6.00. The van der Waals surface area contributed by atoms with Gasteiger partial charge in [-0.05, 0) is 56.1 Å². The van der Waals surface area contributed by atoms with Crippen LogP contribution in [-0.4, -0.2) is 17.5 Å². The molecule has 0 N–H and O–H groups in total. The summed E-state index contributed by atoms with van der Waals surface area (Å²) in [5.41, 5.74) is 1.21. The summed E-state index contributed by atoms with van der Waals surface area (Å²) < 4.78 is 12.3. The van der Waals surface area contributed by atoms with E-state index in [1.54, 1.807) is 0 Å². The van der Waals surface area contributed by atoms with Crippen LogP contribution >= 0.6 is 0 Å². The number of rotatable bonds is 4. The zero-order chi connectivity index (χ0) is 19.5. The molecule has 2 bridgehead atoms. The Kier molecular flexibility index (Phi) is 3.98. The standard InChI is InChI=1S/C24H28O4/c1-3-5-11-20-23-13-12-15(14-19(23)22(26)27-20)17(8-4-2)24(23)18-10-7-6-9-16(18)21(25)28-24/h6,9,11,14-15,17H,3-5,7-8,10,12-13H2,1-2H3/t15-,17+,23+,24-/m0/s1. The molecule has 4 aliphatic carbocycles. The van der Waals surface area contributed by atoms with Gasteiger partial charge in [0.25, 0.3) is 0 Å². The molecule has 2 aliphatic heterocycles. The molecule has 6 rings (SSSR count). The second-order valence-corrected chi connectivity index (χ2v) is 8.79. The minimum Gasteiger partial charge on any atom is -0.449 e. The molecule has 0 aromatic carbocycles. The third kappa shape index (κ3) is 1.96. The molecule has 2 heterocycles. The number of carbonyl (C=O) groups is 2. The summed E-state index contributed by atoms with van der Waals surface area (Å²) in [5.74, 6) is 0.749. The van der Waals surface area contributed by atoms with Crippen molar-refractivity contribution in [3.05, 3.63) is 46.8 Å². The van der Waals surface area contributed by atoms with Crippen LogP contribution in [0.4, 0.5) is 0 Å².